The maximum absolute atomic E-state index is 11.6. The predicted molar refractivity (Wildman–Crippen MR) is 55.4 cm³/mol. The number of carbonyl (C=O) groups excluding carboxylic acids is 1. The van der Waals surface area contributed by atoms with Crippen molar-refractivity contribution in [2.45, 2.75) is 26.8 Å². The summed E-state index contributed by atoms with van der Waals surface area (Å²) in [5, 5.41) is 0. The Morgan fingerprint density at radius 1 is 1.36 bits per heavy atom. The van der Waals surface area contributed by atoms with E-state index in [0.717, 1.165) is 6.26 Å². The van der Waals surface area contributed by atoms with Crippen molar-refractivity contribution in [3.63, 3.8) is 0 Å². The van der Waals surface area contributed by atoms with Gasteiger partial charge >= 0.3 is 0 Å². The molecule has 0 saturated heterocycles. The molecule has 0 radical (unpaired) electrons. The highest BCUT2D eigenvalue weighted by Crippen LogP contribution is 1.95. The van der Waals surface area contributed by atoms with E-state index in [-0.39, 0.29) is 5.91 Å². The van der Waals surface area contributed by atoms with Crippen LogP contribution in [0.25, 0.3) is 0 Å². The summed E-state index contributed by atoms with van der Waals surface area (Å²) in [7, 11) is -3.32. The number of hydrogen-bond donors (Lipinski definition) is 1. The van der Waals surface area contributed by atoms with E-state index >= 15 is 0 Å². The molecule has 0 bridgehead atoms. The molecule has 1 unspecified atom stereocenters. The first-order chi connectivity index (χ1) is 6.31. The van der Waals surface area contributed by atoms with E-state index in [4.69, 9.17) is 0 Å². The molecule has 0 aromatic carbocycles. The van der Waals surface area contributed by atoms with E-state index in [1.165, 1.54) is 0 Å². The maximum Gasteiger partial charge on any atom is 0.240 e. The van der Waals surface area contributed by atoms with E-state index in [1.54, 1.807) is 11.8 Å². The standard InChI is InChI=1S/C8H18N2O3S/c1-5-10(6-2)8(11)7(3)9-14(4,12)13/h7,9H,5-6H2,1-4H3. The van der Waals surface area contributed by atoms with Crippen LogP contribution >= 0.6 is 0 Å². The van der Waals surface area contributed by atoms with Gasteiger partial charge < -0.3 is 4.90 Å². The van der Waals surface area contributed by atoms with Crippen LogP contribution < -0.4 is 4.72 Å². The molecule has 84 valence electrons. The molecule has 0 aromatic heterocycles. The molecule has 0 heterocycles. The van der Waals surface area contributed by atoms with E-state index in [0.29, 0.717) is 13.1 Å². The van der Waals surface area contributed by atoms with Gasteiger partial charge in [0.15, 0.2) is 0 Å². The Morgan fingerprint density at radius 2 is 1.79 bits per heavy atom. The average Bonchev–Trinajstić information content (AvgIpc) is 2.03. The summed E-state index contributed by atoms with van der Waals surface area (Å²) in [6, 6.07) is -0.690. The zero-order valence-electron chi connectivity index (χ0n) is 9.07. The van der Waals surface area contributed by atoms with Crippen LogP contribution in [-0.2, 0) is 14.8 Å². The summed E-state index contributed by atoms with van der Waals surface area (Å²) in [6.45, 7) is 6.43. The van der Waals surface area contributed by atoms with E-state index in [2.05, 4.69) is 4.72 Å². The highest BCUT2D eigenvalue weighted by molar-refractivity contribution is 7.88. The molecular formula is C8H18N2O3S. The number of nitrogens with zero attached hydrogens (tertiary/aromatic N) is 1. The zero-order chi connectivity index (χ0) is 11.4. The second kappa shape index (κ2) is 5.31. The molecule has 5 nitrogen and oxygen atoms in total. The van der Waals surface area contributed by atoms with Gasteiger partial charge in [-0.2, -0.15) is 0 Å². The maximum atomic E-state index is 11.6. The van der Waals surface area contributed by atoms with Gasteiger partial charge in [-0.1, -0.05) is 0 Å². The van der Waals surface area contributed by atoms with Gasteiger partial charge in [-0.05, 0) is 20.8 Å². The summed E-state index contributed by atoms with van der Waals surface area (Å²) in [4.78, 5) is 13.2. The van der Waals surface area contributed by atoms with Crippen molar-refractivity contribution in [2.75, 3.05) is 19.3 Å². The van der Waals surface area contributed by atoms with Crippen LogP contribution in [0.2, 0.25) is 0 Å². The minimum absolute atomic E-state index is 0.194. The predicted octanol–water partition coefficient (Wildman–Crippen LogP) is -0.207. The molecule has 1 atom stereocenters. The first kappa shape index (κ1) is 13.4. The van der Waals surface area contributed by atoms with Crippen molar-refractivity contribution < 1.29 is 13.2 Å². The number of likely N-dealkylation sites (N-methyl/N-ethyl adjacent to an activating group) is 1. The van der Waals surface area contributed by atoms with Crippen LogP contribution in [-0.4, -0.2) is 44.6 Å². The quantitative estimate of drug-likeness (QED) is 0.700. The fourth-order valence-electron chi connectivity index (χ4n) is 1.18. The molecule has 0 aliphatic rings. The Hall–Kier alpha value is -0.620. The lowest BCUT2D eigenvalue weighted by Crippen LogP contribution is -2.46. The lowest BCUT2D eigenvalue weighted by Gasteiger charge is -2.22. The van der Waals surface area contributed by atoms with E-state index in [1.807, 2.05) is 13.8 Å². The number of rotatable bonds is 5. The highest BCUT2D eigenvalue weighted by atomic mass is 32.2. The largest absolute Gasteiger partial charge is 0.342 e. The molecule has 1 amide bonds. The summed E-state index contributed by atoms with van der Waals surface area (Å²) in [5.41, 5.74) is 0. The van der Waals surface area contributed by atoms with Crippen LogP contribution in [0, 0.1) is 0 Å². The molecule has 1 N–H and O–H groups in total. The van der Waals surface area contributed by atoms with Gasteiger partial charge in [-0.3, -0.25) is 4.79 Å². The number of sulfonamides is 1. The van der Waals surface area contributed by atoms with Gasteiger partial charge in [0.1, 0.15) is 0 Å². The van der Waals surface area contributed by atoms with Crippen molar-refractivity contribution in [3.8, 4) is 0 Å². The van der Waals surface area contributed by atoms with Crippen molar-refractivity contribution in [3.05, 3.63) is 0 Å². The molecule has 14 heavy (non-hydrogen) atoms. The Labute approximate surface area is 85.5 Å². The summed E-state index contributed by atoms with van der Waals surface area (Å²) < 4.78 is 24.0. The van der Waals surface area contributed by atoms with Gasteiger partial charge in [-0.15, -0.1) is 0 Å². The van der Waals surface area contributed by atoms with Gasteiger partial charge in [0.2, 0.25) is 15.9 Å². The van der Waals surface area contributed by atoms with Gasteiger partial charge in [-0.25, -0.2) is 13.1 Å². The lowest BCUT2D eigenvalue weighted by molar-refractivity contribution is -0.132. The summed E-state index contributed by atoms with van der Waals surface area (Å²) in [5.74, 6) is -0.194. The third-order valence-corrected chi connectivity index (χ3v) is 2.62. The van der Waals surface area contributed by atoms with Crippen LogP contribution in [0.1, 0.15) is 20.8 Å². The van der Waals surface area contributed by atoms with Crippen LogP contribution in [0.3, 0.4) is 0 Å². The second-order valence-electron chi connectivity index (χ2n) is 3.12. The second-order valence-corrected chi connectivity index (χ2v) is 4.90. The van der Waals surface area contributed by atoms with Gasteiger partial charge in [0.05, 0.1) is 12.3 Å². The Balaban J connectivity index is 4.39. The Bertz CT molecular complexity index is 283. The normalized spacial score (nSPS) is 13.7. The first-order valence-electron chi connectivity index (χ1n) is 4.57. The molecule has 0 fully saturated rings. The van der Waals surface area contributed by atoms with E-state index in [9.17, 15) is 13.2 Å². The minimum Gasteiger partial charge on any atom is -0.342 e. The number of hydrogen-bond acceptors (Lipinski definition) is 3. The SMILES string of the molecule is CCN(CC)C(=O)C(C)NS(C)(=O)=O. The third-order valence-electron chi connectivity index (χ3n) is 1.84. The topological polar surface area (TPSA) is 66.5 Å². The molecule has 6 heteroatoms. The van der Waals surface area contributed by atoms with Crippen LogP contribution in [0.15, 0.2) is 0 Å². The molecule has 0 spiro atoms. The van der Waals surface area contributed by atoms with Gasteiger partial charge in [0.25, 0.3) is 0 Å². The van der Waals surface area contributed by atoms with Crippen molar-refractivity contribution in [1.29, 1.82) is 0 Å². The minimum atomic E-state index is -3.32. The summed E-state index contributed by atoms with van der Waals surface area (Å²) >= 11 is 0. The monoisotopic (exact) mass is 222 g/mol. The molecule has 0 aliphatic heterocycles. The van der Waals surface area contributed by atoms with Crippen molar-refractivity contribution in [2.24, 2.45) is 0 Å². The summed E-state index contributed by atoms with van der Waals surface area (Å²) in [6.07, 6.45) is 1.04. The van der Waals surface area contributed by atoms with Crippen molar-refractivity contribution >= 4 is 15.9 Å². The molecule has 0 saturated carbocycles. The number of carbonyl (C=O) groups is 1. The average molecular weight is 222 g/mol. The zero-order valence-corrected chi connectivity index (χ0v) is 9.89. The Kier molecular flexibility index (Phi) is 5.07. The smallest absolute Gasteiger partial charge is 0.240 e. The molecular weight excluding hydrogens is 204 g/mol. The van der Waals surface area contributed by atoms with E-state index < -0.39 is 16.1 Å². The Morgan fingerprint density at radius 3 is 2.07 bits per heavy atom. The third kappa shape index (κ3) is 4.57. The highest BCUT2D eigenvalue weighted by Gasteiger charge is 2.20. The fraction of sp³-hybridized carbons (Fsp3) is 0.875. The molecule has 0 aliphatic carbocycles. The fourth-order valence-corrected chi connectivity index (χ4v) is 1.92. The number of nitrogens with one attached hydrogen (secondary N) is 1. The first-order valence-corrected chi connectivity index (χ1v) is 6.47. The van der Waals surface area contributed by atoms with Crippen molar-refractivity contribution in [1.82, 2.24) is 9.62 Å². The van der Waals surface area contributed by atoms with Crippen LogP contribution in [0.5, 0.6) is 0 Å². The lowest BCUT2D eigenvalue weighted by atomic mass is 10.3. The molecule has 0 rings (SSSR count). The number of amides is 1. The molecule has 0 aromatic rings. The van der Waals surface area contributed by atoms with Crippen LogP contribution in [0.4, 0.5) is 0 Å². The van der Waals surface area contributed by atoms with Gasteiger partial charge in [0, 0.05) is 13.1 Å².